The summed E-state index contributed by atoms with van der Waals surface area (Å²) in [4.78, 5) is 14.0. The van der Waals surface area contributed by atoms with Crippen LogP contribution in [-0.2, 0) is 9.53 Å². The molecule has 118 valence electrons. The second kappa shape index (κ2) is 8.60. The Bertz CT molecular complexity index is 293. The molecule has 5 nitrogen and oxygen atoms in total. The van der Waals surface area contributed by atoms with E-state index in [1.807, 2.05) is 0 Å². The molecule has 1 fully saturated rings. The van der Waals surface area contributed by atoms with Crippen LogP contribution >= 0.6 is 0 Å². The Kier molecular flexibility index (Phi) is 7.48. The minimum Gasteiger partial charge on any atom is -0.480 e. The largest absolute Gasteiger partial charge is 0.480 e. The predicted molar refractivity (Wildman–Crippen MR) is 80.0 cm³/mol. The van der Waals surface area contributed by atoms with Crippen molar-refractivity contribution in [1.29, 1.82) is 0 Å². The number of hydrogen-bond donors (Lipinski definition) is 2. The van der Waals surface area contributed by atoms with Crippen LogP contribution < -0.4 is 5.32 Å². The van der Waals surface area contributed by atoms with Gasteiger partial charge in [-0.2, -0.15) is 0 Å². The first-order chi connectivity index (χ1) is 9.57. The first kappa shape index (κ1) is 17.4. The maximum Gasteiger partial charge on any atom is 0.324 e. The number of ether oxygens (including phenoxy) is 1. The van der Waals surface area contributed by atoms with Crippen LogP contribution in [0, 0.1) is 0 Å². The number of aliphatic carboxylic acids is 1. The van der Waals surface area contributed by atoms with Crippen molar-refractivity contribution >= 4 is 5.97 Å². The Balaban J connectivity index is 2.56. The van der Waals surface area contributed by atoms with Crippen LogP contribution in [0.25, 0.3) is 0 Å². The third-order valence-corrected chi connectivity index (χ3v) is 4.26. The topological polar surface area (TPSA) is 61.8 Å². The highest BCUT2D eigenvalue weighted by atomic mass is 16.5. The van der Waals surface area contributed by atoms with Gasteiger partial charge < -0.3 is 20.1 Å². The van der Waals surface area contributed by atoms with E-state index in [0.717, 1.165) is 32.5 Å². The van der Waals surface area contributed by atoms with Crippen molar-refractivity contribution in [1.82, 2.24) is 10.2 Å². The Morgan fingerprint density at radius 1 is 1.40 bits per heavy atom. The molecule has 0 aromatic carbocycles. The predicted octanol–water partition coefficient (Wildman–Crippen LogP) is 1.72. The van der Waals surface area contributed by atoms with Crippen LogP contribution in [0.15, 0.2) is 0 Å². The molecular formula is C15H30N2O3. The standard InChI is InChI=1S/C15H30N2O3/c1-4-7-13-12-15(14(18)19,8-11-20-13)16-9-10-17(5-2)6-3/h13,16H,4-12H2,1-3H3,(H,18,19). The first-order valence-electron chi connectivity index (χ1n) is 7.90. The van der Waals surface area contributed by atoms with E-state index in [1.54, 1.807) is 0 Å². The second-order valence-electron chi connectivity index (χ2n) is 5.58. The normalized spacial score (nSPS) is 26.9. The van der Waals surface area contributed by atoms with E-state index in [1.165, 1.54) is 0 Å². The fraction of sp³-hybridized carbons (Fsp3) is 0.933. The summed E-state index contributed by atoms with van der Waals surface area (Å²) in [6.07, 6.45) is 3.17. The number of nitrogens with zero attached hydrogens (tertiary/aromatic N) is 1. The molecule has 0 aliphatic carbocycles. The summed E-state index contributed by atoms with van der Waals surface area (Å²) in [5.41, 5.74) is -0.800. The Hall–Kier alpha value is -0.650. The molecule has 1 aliphatic rings. The third kappa shape index (κ3) is 4.72. The lowest BCUT2D eigenvalue weighted by Gasteiger charge is -2.39. The number of carbonyl (C=O) groups is 1. The van der Waals surface area contributed by atoms with Gasteiger partial charge in [-0.1, -0.05) is 27.2 Å². The van der Waals surface area contributed by atoms with E-state index < -0.39 is 11.5 Å². The highest BCUT2D eigenvalue weighted by Crippen LogP contribution is 2.27. The molecule has 0 spiro atoms. The van der Waals surface area contributed by atoms with E-state index >= 15 is 0 Å². The van der Waals surface area contributed by atoms with Gasteiger partial charge in [0.1, 0.15) is 5.54 Å². The van der Waals surface area contributed by atoms with Crippen molar-refractivity contribution < 1.29 is 14.6 Å². The number of rotatable bonds is 9. The fourth-order valence-electron chi connectivity index (χ4n) is 2.88. The van der Waals surface area contributed by atoms with E-state index in [9.17, 15) is 9.90 Å². The monoisotopic (exact) mass is 286 g/mol. The summed E-state index contributed by atoms with van der Waals surface area (Å²) in [5, 5.41) is 12.9. The molecule has 20 heavy (non-hydrogen) atoms. The number of carboxylic acids is 1. The molecule has 5 heteroatoms. The van der Waals surface area contributed by atoms with E-state index in [2.05, 4.69) is 31.0 Å². The lowest BCUT2D eigenvalue weighted by molar-refractivity contribution is -0.152. The minimum atomic E-state index is -0.800. The number of hydrogen-bond acceptors (Lipinski definition) is 4. The third-order valence-electron chi connectivity index (χ3n) is 4.26. The van der Waals surface area contributed by atoms with Crippen LogP contribution in [0.5, 0.6) is 0 Å². The lowest BCUT2D eigenvalue weighted by Crippen LogP contribution is -2.58. The van der Waals surface area contributed by atoms with Crippen LogP contribution in [0.4, 0.5) is 0 Å². The van der Waals surface area contributed by atoms with Gasteiger partial charge in [0.15, 0.2) is 0 Å². The zero-order chi connectivity index (χ0) is 15.0. The van der Waals surface area contributed by atoms with Gasteiger partial charge in [0.2, 0.25) is 0 Å². The summed E-state index contributed by atoms with van der Waals surface area (Å²) in [6, 6.07) is 0. The maximum absolute atomic E-state index is 11.7. The SMILES string of the molecule is CCCC1CC(NCCN(CC)CC)(C(=O)O)CCO1. The molecule has 1 saturated heterocycles. The van der Waals surface area contributed by atoms with Crippen molar-refractivity contribution in [3.05, 3.63) is 0 Å². The number of nitrogens with one attached hydrogen (secondary N) is 1. The molecular weight excluding hydrogens is 256 g/mol. The summed E-state index contributed by atoms with van der Waals surface area (Å²) in [7, 11) is 0. The molecule has 2 N–H and O–H groups in total. The number of carboxylic acid groups (broad SMARTS) is 1. The number of likely N-dealkylation sites (N-methyl/N-ethyl adjacent to an activating group) is 1. The van der Waals surface area contributed by atoms with Crippen molar-refractivity contribution in [2.75, 3.05) is 32.8 Å². The average Bonchev–Trinajstić information content (AvgIpc) is 2.44. The van der Waals surface area contributed by atoms with Crippen LogP contribution in [0.3, 0.4) is 0 Å². The molecule has 2 atom stereocenters. The molecule has 1 aliphatic heterocycles. The maximum atomic E-state index is 11.7. The van der Waals surface area contributed by atoms with E-state index in [-0.39, 0.29) is 6.10 Å². The van der Waals surface area contributed by atoms with Crippen LogP contribution in [-0.4, -0.2) is 60.4 Å². The lowest BCUT2D eigenvalue weighted by atomic mass is 9.85. The van der Waals surface area contributed by atoms with Gasteiger partial charge in [0.25, 0.3) is 0 Å². The highest BCUT2D eigenvalue weighted by molar-refractivity contribution is 5.79. The van der Waals surface area contributed by atoms with Gasteiger partial charge in [0.05, 0.1) is 6.10 Å². The van der Waals surface area contributed by atoms with Gasteiger partial charge >= 0.3 is 5.97 Å². The van der Waals surface area contributed by atoms with Crippen molar-refractivity contribution in [2.24, 2.45) is 0 Å². The van der Waals surface area contributed by atoms with E-state index in [4.69, 9.17) is 4.74 Å². The quantitative estimate of drug-likeness (QED) is 0.676. The Labute approximate surface area is 122 Å². The van der Waals surface area contributed by atoms with Gasteiger partial charge in [0, 0.05) is 26.1 Å². The fourth-order valence-corrected chi connectivity index (χ4v) is 2.88. The molecule has 0 radical (unpaired) electrons. The first-order valence-corrected chi connectivity index (χ1v) is 7.90. The van der Waals surface area contributed by atoms with E-state index in [0.29, 0.717) is 26.0 Å². The second-order valence-corrected chi connectivity index (χ2v) is 5.58. The van der Waals surface area contributed by atoms with Gasteiger partial charge in [-0.3, -0.25) is 4.79 Å². The minimum absolute atomic E-state index is 0.0748. The van der Waals surface area contributed by atoms with Crippen molar-refractivity contribution in [3.8, 4) is 0 Å². The molecule has 0 saturated carbocycles. The van der Waals surface area contributed by atoms with Crippen LogP contribution in [0.2, 0.25) is 0 Å². The van der Waals surface area contributed by atoms with Gasteiger partial charge in [-0.05, 0) is 25.9 Å². The summed E-state index contributed by atoms with van der Waals surface area (Å²) in [5.74, 6) is -0.735. The van der Waals surface area contributed by atoms with Crippen molar-refractivity contribution in [3.63, 3.8) is 0 Å². The molecule has 0 amide bonds. The zero-order valence-corrected chi connectivity index (χ0v) is 13.2. The van der Waals surface area contributed by atoms with Gasteiger partial charge in [-0.15, -0.1) is 0 Å². The van der Waals surface area contributed by atoms with Gasteiger partial charge in [-0.25, -0.2) is 0 Å². The molecule has 0 bridgehead atoms. The summed E-state index contributed by atoms with van der Waals surface area (Å²) < 4.78 is 5.68. The summed E-state index contributed by atoms with van der Waals surface area (Å²) in [6.45, 7) is 10.5. The molecule has 1 rings (SSSR count). The molecule has 1 heterocycles. The molecule has 2 unspecified atom stereocenters. The highest BCUT2D eigenvalue weighted by Gasteiger charge is 2.42. The molecule has 0 aromatic heterocycles. The average molecular weight is 286 g/mol. The Morgan fingerprint density at radius 2 is 2.10 bits per heavy atom. The Morgan fingerprint density at radius 3 is 2.65 bits per heavy atom. The van der Waals surface area contributed by atoms with Crippen molar-refractivity contribution in [2.45, 2.75) is 58.1 Å². The zero-order valence-electron chi connectivity index (χ0n) is 13.2. The van der Waals surface area contributed by atoms with Crippen LogP contribution in [0.1, 0.15) is 46.5 Å². The smallest absolute Gasteiger partial charge is 0.324 e. The molecule has 0 aromatic rings. The summed E-state index contributed by atoms with van der Waals surface area (Å²) >= 11 is 0.